The van der Waals surface area contributed by atoms with Gasteiger partial charge in [0.2, 0.25) is 0 Å². The molecule has 2 rings (SSSR count). The summed E-state index contributed by atoms with van der Waals surface area (Å²) in [6.45, 7) is 7.75. The molecular formula is C16H25NO4. The zero-order valence-electron chi connectivity index (χ0n) is 13.1. The number of benzene rings is 1. The van der Waals surface area contributed by atoms with Crippen molar-refractivity contribution >= 4 is 5.97 Å². The van der Waals surface area contributed by atoms with Gasteiger partial charge < -0.3 is 14.6 Å². The number of hydrogen-bond acceptors (Lipinski definition) is 4. The summed E-state index contributed by atoms with van der Waals surface area (Å²) in [5.41, 5.74) is 0.198. The van der Waals surface area contributed by atoms with E-state index >= 15 is 0 Å². The first kappa shape index (κ1) is 17.3. The molecule has 0 atom stereocenters. The van der Waals surface area contributed by atoms with Gasteiger partial charge in [0.25, 0.3) is 0 Å². The van der Waals surface area contributed by atoms with Gasteiger partial charge in [0.05, 0.1) is 12.7 Å². The summed E-state index contributed by atoms with van der Waals surface area (Å²) in [6, 6.07) is 4.65. The van der Waals surface area contributed by atoms with Crippen LogP contribution in [0.25, 0.3) is 0 Å². The second-order valence-corrected chi connectivity index (χ2v) is 4.57. The maximum absolute atomic E-state index is 10.9. The Balaban J connectivity index is 0.00000106. The van der Waals surface area contributed by atoms with Gasteiger partial charge in [-0.25, -0.2) is 4.79 Å². The molecule has 0 spiro atoms. The lowest BCUT2D eigenvalue weighted by Gasteiger charge is -2.16. The van der Waals surface area contributed by atoms with Crippen LogP contribution >= 0.6 is 0 Å². The number of carbonyl (C=O) groups is 1. The summed E-state index contributed by atoms with van der Waals surface area (Å²) in [6.07, 6.45) is 2.52. The Morgan fingerprint density at radius 3 is 2.48 bits per heavy atom. The van der Waals surface area contributed by atoms with Crippen molar-refractivity contribution in [3.05, 3.63) is 23.8 Å². The highest BCUT2D eigenvalue weighted by Crippen LogP contribution is 2.28. The normalized spacial score (nSPS) is 14.2. The lowest BCUT2D eigenvalue weighted by molar-refractivity contribution is 0.0696. The fraction of sp³-hybridized carbons (Fsp3) is 0.562. The third-order valence-corrected chi connectivity index (χ3v) is 3.27. The van der Waals surface area contributed by atoms with Gasteiger partial charge in [-0.15, -0.1) is 0 Å². The number of carboxylic acid groups (broad SMARTS) is 1. The van der Waals surface area contributed by atoms with E-state index in [9.17, 15) is 4.79 Å². The molecule has 0 aliphatic carbocycles. The third kappa shape index (κ3) is 5.27. The second kappa shape index (κ2) is 9.23. The van der Waals surface area contributed by atoms with Gasteiger partial charge in [0, 0.05) is 6.54 Å². The molecule has 0 saturated carbocycles. The molecule has 1 fully saturated rings. The minimum Gasteiger partial charge on any atom is -0.493 e. The number of nitrogens with zero attached hydrogens (tertiary/aromatic N) is 1. The van der Waals surface area contributed by atoms with Crippen LogP contribution in [0.1, 0.15) is 37.0 Å². The summed E-state index contributed by atoms with van der Waals surface area (Å²) in [5.74, 6) is 0.0786. The molecule has 0 amide bonds. The van der Waals surface area contributed by atoms with Crippen LogP contribution in [0.2, 0.25) is 0 Å². The zero-order valence-corrected chi connectivity index (χ0v) is 13.1. The van der Waals surface area contributed by atoms with Crippen molar-refractivity contribution in [3.63, 3.8) is 0 Å². The van der Waals surface area contributed by atoms with Crippen molar-refractivity contribution in [1.29, 1.82) is 0 Å². The molecule has 0 unspecified atom stereocenters. The first-order valence-corrected chi connectivity index (χ1v) is 7.47. The first-order valence-electron chi connectivity index (χ1n) is 7.47. The molecule has 1 N–H and O–H groups in total. The van der Waals surface area contributed by atoms with Crippen LogP contribution in [0.4, 0.5) is 0 Å². The third-order valence-electron chi connectivity index (χ3n) is 3.27. The van der Waals surface area contributed by atoms with Crippen LogP contribution in [-0.2, 0) is 0 Å². The van der Waals surface area contributed by atoms with Gasteiger partial charge >= 0.3 is 5.97 Å². The van der Waals surface area contributed by atoms with Gasteiger partial charge in [0.1, 0.15) is 6.61 Å². The highest BCUT2D eigenvalue weighted by atomic mass is 16.5. The van der Waals surface area contributed by atoms with Crippen molar-refractivity contribution in [1.82, 2.24) is 4.90 Å². The van der Waals surface area contributed by atoms with E-state index in [2.05, 4.69) is 4.90 Å². The first-order chi connectivity index (χ1) is 10.2. The SMILES string of the molecule is CC.COc1cc(C(=O)O)ccc1OCCN1CCCC1. The molecule has 0 radical (unpaired) electrons. The van der Waals surface area contributed by atoms with E-state index < -0.39 is 5.97 Å². The van der Waals surface area contributed by atoms with Gasteiger partial charge in [-0.3, -0.25) is 4.90 Å². The summed E-state index contributed by atoms with van der Waals surface area (Å²) in [7, 11) is 1.51. The predicted octanol–water partition coefficient (Wildman–Crippen LogP) is 2.89. The Morgan fingerprint density at radius 2 is 1.90 bits per heavy atom. The van der Waals surface area contributed by atoms with Gasteiger partial charge in [-0.2, -0.15) is 0 Å². The minimum absolute atomic E-state index is 0.198. The van der Waals surface area contributed by atoms with Crippen molar-refractivity contribution < 1.29 is 19.4 Å². The van der Waals surface area contributed by atoms with E-state index in [1.54, 1.807) is 6.07 Å². The Bertz CT molecular complexity index is 442. The van der Waals surface area contributed by atoms with E-state index in [1.807, 2.05) is 13.8 Å². The topological polar surface area (TPSA) is 59.0 Å². The smallest absolute Gasteiger partial charge is 0.335 e. The number of hydrogen-bond donors (Lipinski definition) is 1. The molecule has 1 aromatic rings. The number of methoxy groups -OCH3 is 1. The molecule has 1 aliphatic rings. The summed E-state index contributed by atoms with van der Waals surface area (Å²) >= 11 is 0. The van der Waals surface area contributed by atoms with Crippen LogP contribution < -0.4 is 9.47 Å². The fourth-order valence-electron chi connectivity index (χ4n) is 2.21. The lowest BCUT2D eigenvalue weighted by atomic mass is 10.2. The molecule has 1 aromatic carbocycles. The number of ether oxygens (including phenoxy) is 2. The highest BCUT2D eigenvalue weighted by molar-refractivity contribution is 5.88. The van der Waals surface area contributed by atoms with Crippen LogP contribution in [0.3, 0.4) is 0 Å². The average Bonchev–Trinajstić information content (AvgIpc) is 3.02. The molecule has 5 nitrogen and oxygen atoms in total. The number of likely N-dealkylation sites (tertiary alicyclic amines) is 1. The minimum atomic E-state index is -0.970. The van der Waals surface area contributed by atoms with Crippen LogP contribution in [0.15, 0.2) is 18.2 Å². The maximum atomic E-state index is 10.9. The van der Waals surface area contributed by atoms with E-state index in [1.165, 1.54) is 32.1 Å². The zero-order chi connectivity index (χ0) is 15.7. The van der Waals surface area contributed by atoms with E-state index in [0.717, 1.165) is 19.6 Å². The van der Waals surface area contributed by atoms with Crippen molar-refractivity contribution in [3.8, 4) is 11.5 Å². The van der Waals surface area contributed by atoms with Gasteiger partial charge in [-0.05, 0) is 44.1 Å². The average molecular weight is 295 g/mol. The molecule has 0 aromatic heterocycles. The largest absolute Gasteiger partial charge is 0.493 e. The lowest BCUT2D eigenvalue weighted by Crippen LogP contribution is -2.25. The maximum Gasteiger partial charge on any atom is 0.335 e. The monoisotopic (exact) mass is 295 g/mol. The molecule has 1 aliphatic heterocycles. The van der Waals surface area contributed by atoms with Gasteiger partial charge in [0.15, 0.2) is 11.5 Å². The predicted molar refractivity (Wildman–Crippen MR) is 82.5 cm³/mol. The summed E-state index contributed by atoms with van der Waals surface area (Å²) in [5, 5.41) is 8.91. The standard InChI is InChI=1S/C14H19NO4.C2H6/c1-18-13-10-11(14(16)17)4-5-12(13)19-9-8-15-6-2-3-7-15;1-2/h4-5,10H,2-3,6-9H2,1H3,(H,16,17);1-2H3. The van der Waals surface area contributed by atoms with Crippen LogP contribution in [0, 0.1) is 0 Å². The Morgan fingerprint density at radius 1 is 1.24 bits per heavy atom. The molecule has 118 valence electrons. The van der Waals surface area contributed by atoms with Crippen LogP contribution in [-0.4, -0.2) is 49.3 Å². The Hall–Kier alpha value is -1.75. The quantitative estimate of drug-likeness (QED) is 0.874. The number of aromatic carboxylic acids is 1. The summed E-state index contributed by atoms with van der Waals surface area (Å²) < 4.78 is 10.8. The second-order valence-electron chi connectivity index (χ2n) is 4.57. The highest BCUT2D eigenvalue weighted by Gasteiger charge is 2.13. The van der Waals surface area contributed by atoms with Crippen LogP contribution in [0.5, 0.6) is 11.5 Å². The van der Waals surface area contributed by atoms with Gasteiger partial charge in [-0.1, -0.05) is 13.8 Å². The van der Waals surface area contributed by atoms with E-state index in [-0.39, 0.29) is 5.56 Å². The molecule has 5 heteroatoms. The van der Waals surface area contributed by atoms with Crippen molar-refractivity contribution in [2.24, 2.45) is 0 Å². The van der Waals surface area contributed by atoms with E-state index in [4.69, 9.17) is 14.6 Å². The molecule has 21 heavy (non-hydrogen) atoms. The Kier molecular flexibility index (Phi) is 7.61. The fourth-order valence-corrected chi connectivity index (χ4v) is 2.21. The molecule has 1 saturated heterocycles. The van der Waals surface area contributed by atoms with E-state index in [0.29, 0.717) is 18.1 Å². The number of carboxylic acids is 1. The van der Waals surface area contributed by atoms with Crippen molar-refractivity contribution in [2.45, 2.75) is 26.7 Å². The Labute approximate surface area is 126 Å². The molecule has 1 heterocycles. The van der Waals surface area contributed by atoms with Crippen molar-refractivity contribution in [2.75, 3.05) is 33.4 Å². The molecule has 0 bridgehead atoms. The number of rotatable bonds is 6. The molecular weight excluding hydrogens is 270 g/mol. The summed E-state index contributed by atoms with van der Waals surface area (Å²) in [4.78, 5) is 13.2.